The molecular formula is C20H25ClN2O3S2. The van der Waals surface area contributed by atoms with Gasteiger partial charge in [0.1, 0.15) is 6.54 Å². The molecule has 0 bridgehead atoms. The van der Waals surface area contributed by atoms with Gasteiger partial charge in [0.2, 0.25) is 15.9 Å². The lowest BCUT2D eigenvalue weighted by molar-refractivity contribution is -0.119. The highest BCUT2D eigenvalue weighted by atomic mass is 35.5. The Hall–Kier alpha value is -1.70. The zero-order valence-electron chi connectivity index (χ0n) is 16.0. The number of nitrogens with one attached hydrogen (secondary N) is 1. The van der Waals surface area contributed by atoms with Crippen molar-refractivity contribution in [1.82, 2.24) is 5.32 Å². The maximum Gasteiger partial charge on any atom is 0.240 e. The van der Waals surface area contributed by atoms with E-state index in [-0.39, 0.29) is 12.5 Å². The number of aryl methyl sites for hydroxylation is 1. The van der Waals surface area contributed by atoms with E-state index in [0.29, 0.717) is 22.8 Å². The highest BCUT2D eigenvalue weighted by Crippen LogP contribution is 2.25. The van der Waals surface area contributed by atoms with Crippen LogP contribution in [0.3, 0.4) is 0 Å². The fourth-order valence-electron chi connectivity index (χ4n) is 2.63. The molecule has 2 rings (SSSR count). The molecule has 5 nitrogen and oxygen atoms in total. The fraction of sp³-hybridized carbons (Fsp3) is 0.350. The summed E-state index contributed by atoms with van der Waals surface area (Å²) >= 11 is 7.75. The number of thioether (sulfide) groups is 1. The molecule has 8 heteroatoms. The fourth-order valence-corrected chi connectivity index (χ4v) is 4.69. The Kier molecular flexibility index (Phi) is 8.66. The van der Waals surface area contributed by atoms with E-state index in [1.807, 2.05) is 18.2 Å². The van der Waals surface area contributed by atoms with E-state index in [4.69, 9.17) is 11.6 Å². The van der Waals surface area contributed by atoms with Crippen LogP contribution in [0.2, 0.25) is 5.02 Å². The van der Waals surface area contributed by atoms with E-state index in [0.717, 1.165) is 28.5 Å². The van der Waals surface area contributed by atoms with Crippen LogP contribution < -0.4 is 9.62 Å². The average molecular weight is 441 g/mol. The molecular weight excluding hydrogens is 416 g/mol. The number of halogens is 1. The molecule has 0 aliphatic rings. The van der Waals surface area contributed by atoms with Crippen LogP contribution in [0, 0.1) is 6.92 Å². The van der Waals surface area contributed by atoms with Crippen molar-refractivity contribution in [3.8, 4) is 0 Å². The smallest absolute Gasteiger partial charge is 0.240 e. The van der Waals surface area contributed by atoms with Gasteiger partial charge in [-0.15, -0.1) is 0 Å². The Morgan fingerprint density at radius 2 is 1.89 bits per heavy atom. The van der Waals surface area contributed by atoms with E-state index in [1.165, 1.54) is 5.56 Å². The second-order valence-corrected chi connectivity index (χ2v) is 9.89. The van der Waals surface area contributed by atoms with Gasteiger partial charge in [-0.1, -0.05) is 41.9 Å². The third-order valence-corrected chi connectivity index (χ3v) is 6.49. The van der Waals surface area contributed by atoms with Crippen LogP contribution in [0.5, 0.6) is 0 Å². The maximum atomic E-state index is 12.3. The van der Waals surface area contributed by atoms with Crippen LogP contribution in [0.25, 0.3) is 0 Å². The lowest BCUT2D eigenvalue weighted by atomic mass is 10.2. The standard InChI is InChI=1S/C20H25ClN2O3S2/c1-16-13-18(21)9-10-19(16)23(28(2,25)26)14-20(24)22-11-6-12-27-15-17-7-4-3-5-8-17/h3-5,7-10,13H,6,11-12,14-15H2,1-2H3,(H,22,24). The molecule has 0 fully saturated rings. The molecule has 2 aromatic rings. The third-order valence-electron chi connectivity index (χ3n) is 4.01. The molecule has 0 saturated heterocycles. The van der Waals surface area contributed by atoms with Crippen LogP contribution in [0.4, 0.5) is 5.69 Å². The van der Waals surface area contributed by atoms with Crippen LogP contribution in [-0.2, 0) is 20.6 Å². The summed E-state index contributed by atoms with van der Waals surface area (Å²) < 4.78 is 25.4. The zero-order chi connectivity index (χ0) is 20.6. The second kappa shape index (κ2) is 10.7. The number of nitrogens with zero attached hydrogens (tertiary/aromatic N) is 1. The van der Waals surface area contributed by atoms with Gasteiger partial charge in [0.05, 0.1) is 11.9 Å². The topological polar surface area (TPSA) is 66.5 Å². The first-order valence-electron chi connectivity index (χ1n) is 8.89. The summed E-state index contributed by atoms with van der Waals surface area (Å²) in [5, 5.41) is 3.32. The van der Waals surface area contributed by atoms with E-state index >= 15 is 0 Å². The number of rotatable bonds is 10. The Morgan fingerprint density at radius 1 is 1.18 bits per heavy atom. The number of amides is 1. The van der Waals surface area contributed by atoms with Crippen molar-refractivity contribution in [3.05, 3.63) is 64.7 Å². The highest BCUT2D eigenvalue weighted by molar-refractivity contribution is 7.98. The number of hydrogen-bond donors (Lipinski definition) is 1. The SMILES string of the molecule is Cc1cc(Cl)ccc1N(CC(=O)NCCCSCc1ccccc1)S(C)(=O)=O. The lowest BCUT2D eigenvalue weighted by Crippen LogP contribution is -2.41. The van der Waals surface area contributed by atoms with Gasteiger partial charge in [-0.2, -0.15) is 11.8 Å². The summed E-state index contributed by atoms with van der Waals surface area (Å²) in [6.07, 6.45) is 1.91. The van der Waals surface area contributed by atoms with Crippen molar-refractivity contribution in [2.75, 3.05) is 29.4 Å². The van der Waals surface area contributed by atoms with E-state index in [9.17, 15) is 13.2 Å². The molecule has 0 atom stereocenters. The summed E-state index contributed by atoms with van der Waals surface area (Å²) in [6.45, 7) is 2.03. The van der Waals surface area contributed by atoms with Gasteiger partial charge < -0.3 is 5.32 Å². The van der Waals surface area contributed by atoms with Crippen LogP contribution >= 0.6 is 23.4 Å². The monoisotopic (exact) mass is 440 g/mol. The van der Waals surface area contributed by atoms with Gasteiger partial charge in [0.25, 0.3) is 0 Å². The molecule has 0 aromatic heterocycles. The van der Waals surface area contributed by atoms with Gasteiger partial charge in [-0.05, 0) is 48.4 Å². The predicted octanol–water partition coefficient (Wildman–Crippen LogP) is 3.85. The quantitative estimate of drug-likeness (QED) is 0.570. The second-order valence-electron chi connectivity index (χ2n) is 6.44. The maximum absolute atomic E-state index is 12.3. The molecule has 2 aromatic carbocycles. The molecule has 1 N–H and O–H groups in total. The summed E-state index contributed by atoms with van der Waals surface area (Å²) in [6, 6.07) is 15.1. The van der Waals surface area contributed by atoms with Crippen LogP contribution in [0.15, 0.2) is 48.5 Å². The first-order valence-corrected chi connectivity index (χ1v) is 12.3. The number of anilines is 1. The van der Waals surface area contributed by atoms with Crippen molar-refractivity contribution in [3.63, 3.8) is 0 Å². The van der Waals surface area contributed by atoms with Gasteiger partial charge in [0.15, 0.2) is 0 Å². The van der Waals surface area contributed by atoms with Gasteiger partial charge >= 0.3 is 0 Å². The number of sulfonamides is 1. The van der Waals surface area contributed by atoms with Gasteiger partial charge in [-0.25, -0.2) is 8.42 Å². The average Bonchev–Trinajstić information content (AvgIpc) is 2.63. The van der Waals surface area contributed by atoms with E-state index in [1.54, 1.807) is 36.9 Å². The molecule has 0 aliphatic carbocycles. The van der Waals surface area contributed by atoms with Crippen molar-refractivity contribution in [1.29, 1.82) is 0 Å². The molecule has 0 heterocycles. The summed E-state index contributed by atoms with van der Waals surface area (Å²) in [4.78, 5) is 12.3. The Balaban J connectivity index is 1.80. The molecule has 28 heavy (non-hydrogen) atoms. The van der Waals surface area contributed by atoms with Gasteiger partial charge in [-0.3, -0.25) is 9.10 Å². The predicted molar refractivity (Wildman–Crippen MR) is 119 cm³/mol. The first-order chi connectivity index (χ1) is 13.3. The summed E-state index contributed by atoms with van der Waals surface area (Å²) in [5.74, 6) is 1.53. The van der Waals surface area contributed by atoms with E-state index in [2.05, 4.69) is 17.4 Å². The highest BCUT2D eigenvalue weighted by Gasteiger charge is 2.22. The molecule has 0 aliphatic heterocycles. The number of benzene rings is 2. The minimum atomic E-state index is -3.59. The molecule has 0 saturated carbocycles. The van der Waals surface area contributed by atoms with E-state index < -0.39 is 10.0 Å². The Bertz CT molecular complexity index is 890. The largest absolute Gasteiger partial charge is 0.354 e. The molecule has 0 unspecified atom stereocenters. The Morgan fingerprint density at radius 3 is 2.54 bits per heavy atom. The van der Waals surface area contributed by atoms with Crippen LogP contribution in [0.1, 0.15) is 17.5 Å². The summed E-state index contributed by atoms with van der Waals surface area (Å²) in [7, 11) is -3.59. The lowest BCUT2D eigenvalue weighted by Gasteiger charge is -2.23. The summed E-state index contributed by atoms with van der Waals surface area (Å²) in [5.41, 5.74) is 2.43. The minimum absolute atomic E-state index is 0.252. The normalized spacial score (nSPS) is 11.2. The van der Waals surface area contributed by atoms with Crippen molar-refractivity contribution in [2.24, 2.45) is 0 Å². The van der Waals surface area contributed by atoms with Crippen LogP contribution in [-0.4, -0.2) is 39.4 Å². The molecule has 1 amide bonds. The van der Waals surface area contributed by atoms with Crippen molar-refractivity contribution >= 4 is 45.0 Å². The number of carbonyl (C=O) groups is 1. The minimum Gasteiger partial charge on any atom is -0.354 e. The number of hydrogen-bond acceptors (Lipinski definition) is 4. The van der Waals surface area contributed by atoms with Crippen molar-refractivity contribution < 1.29 is 13.2 Å². The van der Waals surface area contributed by atoms with Crippen molar-refractivity contribution in [2.45, 2.75) is 19.1 Å². The molecule has 0 radical (unpaired) electrons. The third kappa shape index (κ3) is 7.37. The zero-order valence-corrected chi connectivity index (χ0v) is 18.4. The molecule has 0 spiro atoms. The first kappa shape index (κ1) is 22.6. The Labute approximate surface area is 176 Å². The number of carbonyl (C=O) groups excluding carboxylic acids is 1. The molecule has 152 valence electrons. The van der Waals surface area contributed by atoms with Gasteiger partial charge in [0, 0.05) is 17.3 Å².